The number of aromatic nitrogens is 3. The summed E-state index contributed by atoms with van der Waals surface area (Å²) >= 11 is 2.47. The Hall–Kier alpha value is -3.76. The van der Waals surface area contributed by atoms with Crippen LogP contribution < -0.4 is 10.9 Å². The first-order valence-corrected chi connectivity index (χ1v) is 12.0. The second-order valence-corrected chi connectivity index (χ2v) is 9.35. The first kappa shape index (κ1) is 22.1. The minimum absolute atomic E-state index is 0.163. The number of rotatable bonds is 4. The number of para-hydroxylation sites is 1. The zero-order valence-corrected chi connectivity index (χ0v) is 19.8. The smallest absolute Gasteiger partial charge is 0.281 e. The molecule has 4 aromatic rings. The van der Waals surface area contributed by atoms with Gasteiger partial charge in [0.1, 0.15) is 5.82 Å². The highest BCUT2D eigenvalue weighted by molar-refractivity contribution is 8.18. The maximum Gasteiger partial charge on any atom is 0.281 e. The number of nitrogens with one attached hydrogen (secondary N) is 1. The van der Waals surface area contributed by atoms with Crippen molar-refractivity contribution in [3.8, 4) is 16.9 Å². The van der Waals surface area contributed by atoms with Gasteiger partial charge in [-0.2, -0.15) is 4.99 Å². The van der Waals surface area contributed by atoms with E-state index in [1.54, 1.807) is 33.0 Å². The number of amides is 1. The van der Waals surface area contributed by atoms with Crippen LogP contribution in [0.2, 0.25) is 0 Å². The lowest BCUT2D eigenvalue weighted by molar-refractivity contribution is -0.115. The van der Waals surface area contributed by atoms with Crippen LogP contribution in [0, 0.1) is 12.7 Å². The lowest BCUT2D eigenvalue weighted by Crippen LogP contribution is -2.20. The van der Waals surface area contributed by atoms with Crippen molar-refractivity contribution >= 4 is 45.4 Å². The number of nitrogens with zero attached hydrogens (tertiary/aromatic N) is 4. The van der Waals surface area contributed by atoms with Gasteiger partial charge in [0.05, 0.1) is 21.8 Å². The molecule has 7 nitrogen and oxygen atoms in total. The number of thiazole rings is 1. The van der Waals surface area contributed by atoms with Crippen LogP contribution >= 0.6 is 23.1 Å². The number of benzene rings is 2. The second kappa shape index (κ2) is 8.88. The van der Waals surface area contributed by atoms with Gasteiger partial charge in [-0.05, 0) is 54.6 Å². The van der Waals surface area contributed by atoms with Crippen LogP contribution in [0.25, 0.3) is 23.0 Å². The SMILES string of the molecule is Cc1c(-c2csc(/N=C3\NC(=O)/C(=C/c4ccc(F)cc4)S3)n2)c(=O)n(-c2ccccc2)n1C. The summed E-state index contributed by atoms with van der Waals surface area (Å²) in [6.45, 7) is 1.88. The van der Waals surface area contributed by atoms with Crippen molar-refractivity contribution in [1.29, 1.82) is 0 Å². The highest BCUT2D eigenvalue weighted by Gasteiger charge is 2.25. The molecule has 0 spiro atoms. The molecule has 170 valence electrons. The molecule has 1 saturated heterocycles. The Bertz CT molecular complexity index is 1520. The molecule has 1 N–H and O–H groups in total. The normalized spacial score (nSPS) is 15.9. The maximum absolute atomic E-state index is 13.2. The van der Waals surface area contributed by atoms with E-state index in [2.05, 4.69) is 15.3 Å². The molecule has 0 atom stereocenters. The summed E-state index contributed by atoms with van der Waals surface area (Å²) in [5.41, 5.74) is 3.15. The van der Waals surface area contributed by atoms with E-state index in [0.717, 1.165) is 11.4 Å². The van der Waals surface area contributed by atoms with E-state index in [1.807, 2.05) is 44.3 Å². The predicted molar refractivity (Wildman–Crippen MR) is 134 cm³/mol. The van der Waals surface area contributed by atoms with Gasteiger partial charge in [-0.1, -0.05) is 30.3 Å². The molecule has 1 aliphatic heterocycles. The standard InChI is InChI=1S/C24H18FN5O2S2/c1-14-20(22(32)30(29(14)2)17-6-4-3-5-7-17)18-13-33-23(26-18)28-24-27-21(31)19(34-24)12-15-8-10-16(25)11-9-15/h3-13H,1-2H3,(H,26,27,28,31)/b19-12-. The fourth-order valence-corrected chi connectivity index (χ4v) is 5.13. The van der Waals surface area contributed by atoms with E-state index >= 15 is 0 Å². The minimum atomic E-state index is -0.336. The Balaban J connectivity index is 1.43. The van der Waals surface area contributed by atoms with Gasteiger partial charge in [0, 0.05) is 18.1 Å². The van der Waals surface area contributed by atoms with E-state index in [0.29, 0.717) is 32.0 Å². The number of hydrogen-bond donors (Lipinski definition) is 1. The van der Waals surface area contributed by atoms with E-state index in [1.165, 1.54) is 35.2 Å². The van der Waals surface area contributed by atoms with Crippen LogP contribution in [0.5, 0.6) is 0 Å². The Kier molecular flexibility index (Phi) is 5.76. The number of thioether (sulfide) groups is 1. The van der Waals surface area contributed by atoms with E-state index in [-0.39, 0.29) is 17.3 Å². The topological polar surface area (TPSA) is 81.3 Å². The monoisotopic (exact) mass is 491 g/mol. The largest absolute Gasteiger partial charge is 0.300 e. The molecule has 5 rings (SSSR count). The molecule has 2 aromatic heterocycles. The molecular weight excluding hydrogens is 473 g/mol. The van der Waals surface area contributed by atoms with Crippen molar-refractivity contribution in [3.63, 3.8) is 0 Å². The molecule has 34 heavy (non-hydrogen) atoms. The first-order chi connectivity index (χ1) is 16.4. The summed E-state index contributed by atoms with van der Waals surface area (Å²) in [6, 6.07) is 15.3. The minimum Gasteiger partial charge on any atom is -0.300 e. The molecular formula is C24H18FN5O2S2. The van der Waals surface area contributed by atoms with Gasteiger partial charge in [-0.3, -0.25) is 14.3 Å². The van der Waals surface area contributed by atoms with Gasteiger partial charge < -0.3 is 5.32 Å². The van der Waals surface area contributed by atoms with Gasteiger partial charge in [0.2, 0.25) is 5.13 Å². The molecule has 3 heterocycles. The third-order valence-electron chi connectivity index (χ3n) is 5.32. The summed E-state index contributed by atoms with van der Waals surface area (Å²) in [4.78, 5) is 35.0. The summed E-state index contributed by atoms with van der Waals surface area (Å²) in [5.74, 6) is -0.619. The fourth-order valence-electron chi connectivity index (χ4n) is 3.57. The van der Waals surface area contributed by atoms with Gasteiger partial charge in [-0.15, -0.1) is 11.3 Å². The highest BCUT2D eigenvalue weighted by Crippen LogP contribution is 2.31. The van der Waals surface area contributed by atoms with Crippen molar-refractivity contribution in [2.45, 2.75) is 6.92 Å². The quantitative estimate of drug-likeness (QED) is 0.422. The van der Waals surface area contributed by atoms with Crippen molar-refractivity contribution in [1.82, 2.24) is 19.7 Å². The Labute approximate surface area is 202 Å². The van der Waals surface area contributed by atoms with Gasteiger partial charge in [0.15, 0.2) is 5.17 Å². The summed E-state index contributed by atoms with van der Waals surface area (Å²) in [5, 5.41) is 5.33. The number of aliphatic imine (C=N–C) groups is 1. The first-order valence-electron chi connectivity index (χ1n) is 10.3. The summed E-state index contributed by atoms with van der Waals surface area (Å²) < 4.78 is 16.5. The summed E-state index contributed by atoms with van der Waals surface area (Å²) in [6.07, 6.45) is 1.68. The number of carbonyl (C=O) groups is 1. The number of halogens is 1. The number of amidine groups is 1. The van der Waals surface area contributed by atoms with E-state index in [4.69, 9.17) is 0 Å². The maximum atomic E-state index is 13.2. The molecule has 1 amide bonds. The number of carbonyl (C=O) groups excluding carboxylic acids is 1. The molecule has 0 radical (unpaired) electrons. The molecule has 1 fully saturated rings. The average molecular weight is 492 g/mol. The molecule has 0 unspecified atom stereocenters. The third kappa shape index (κ3) is 4.13. The third-order valence-corrected chi connectivity index (χ3v) is 6.96. The zero-order chi connectivity index (χ0) is 23.8. The van der Waals surface area contributed by atoms with Crippen molar-refractivity contribution in [3.05, 3.63) is 92.3 Å². The van der Waals surface area contributed by atoms with Crippen molar-refractivity contribution < 1.29 is 9.18 Å². The zero-order valence-electron chi connectivity index (χ0n) is 18.2. The predicted octanol–water partition coefficient (Wildman–Crippen LogP) is 4.64. The lowest BCUT2D eigenvalue weighted by Gasteiger charge is -2.07. The Morgan fingerprint density at radius 3 is 2.56 bits per heavy atom. The Morgan fingerprint density at radius 1 is 1.09 bits per heavy atom. The van der Waals surface area contributed by atoms with Crippen LogP contribution in [-0.2, 0) is 11.8 Å². The van der Waals surface area contributed by atoms with Crippen LogP contribution in [0.15, 0.2) is 74.7 Å². The van der Waals surface area contributed by atoms with Gasteiger partial charge >= 0.3 is 0 Å². The van der Waals surface area contributed by atoms with Crippen molar-refractivity contribution in [2.75, 3.05) is 0 Å². The molecule has 2 aromatic carbocycles. The summed E-state index contributed by atoms with van der Waals surface area (Å²) in [7, 11) is 1.83. The van der Waals surface area contributed by atoms with Crippen LogP contribution in [0.3, 0.4) is 0 Å². The Morgan fingerprint density at radius 2 is 1.82 bits per heavy atom. The van der Waals surface area contributed by atoms with Crippen LogP contribution in [-0.4, -0.2) is 25.4 Å². The second-order valence-electron chi connectivity index (χ2n) is 7.49. The molecule has 0 aliphatic carbocycles. The van der Waals surface area contributed by atoms with Crippen LogP contribution in [0.1, 0.15) is 11.3 Å². The molecule has 0 saturated carbocycles. The fraction of sp³-hybridized carbons (Fsp3) is 0.0833. The molecule has 0 bridgehead atoms. The van der Waals surface area contributed by atoms with Crippen LogP contribution in [0.4, 0.5) is 9.52 Å². The number of hydrogen-bond acceptors (Lipinski definition) is 6. The van der Waals surface area contributed by atoms with Crippen molar-refractivity contribution in [2.24, 2.45) is 12.0 Å². The molecule has 1 aliphatic rings. The van der Waals surface area contributed by atoms with Gasteiger partial charge in [-0.25, -0.2) is 14.1 Å². The average Bonchev–Trinajstić information content (AvgIpc) is 3.48. The van der Waals surface area contributed by atoms with Gasteiger partial charge in [0.25, 0.3) is 11.5 Å². The highest BCUT2D eigenvalue weighted by atomic mass is 32.2. The van der Waals surface area contributed by atoms with E-state index < -0.39 is 0 Å². The van der Waals surface area contributed by atoms with E-state index in [9.17, 15) is 14.0 Å². The lowest BCUT2D eigenvalue weighted by atomic mass is 10.2. The molecule has 10 heteroatoms.